The fourth-order valence-corrected chi connectivity index (χ4v) is 2.80. The molecule has 0 aliphatic heterocycles. The molecule has 0 atom stereocenters. The second kappa shape index (κ2) is 6.17. The van der Waals surface area contributed by atoms with E-state index in [1.165, 1.54) is 0 Å². The molecule has 0 amide bonds. The smallest absolute Gasteiger partial charge is 0.215 e. The predicted molar refractivity (Wildman–Crippen MR) is 71.3 cm³/mol. The quantitative estimate of drug-likeness (QED) is 0.848. The van der Waals surface area contributed by atoms with Crippen molar-refractivity contribution in [2.45, 2.75) is 32.9 Å². The van der Waals surface area contributed by atoms with Gasteiger partial charge in [-0.3, -0.25) is 0 Å². The monoisotopic (exact) mass is 255 g/mol. The van der Waals surface area contributed by atoms with E-state index in [0.717, 1.165) is 17.5 Å². The van der Waals surface area contributed by atoms with Crippen molar-refractivity contribution >= 4 is 10.0 Å². The number of rotatable bonds is 6. The molecule has 1 aromatic rings. The molecule has 3 nitrogen and oxygen atoms in total. The van der Waals surface area contributed by atoms with Crippen LogP contribution in [0.5, 0.6) is 0 Å². The Morgan fingerprint density at radius 3 is 2.47 bits per heavy atom. The molecule has 0 aliphatic carbocycles. The number of hydrogen-bond acceptors (Lipinski definition) is 2. The van der Waals surface area contributed by atoms with Gasteiger partial charge in [0.05, 0.1) is 5.75 Å². The maximum Gasteiger partial charge on any atom is 0.215 e. The van der Waals surface area contributed by atoms with E-state index in [1.54, 1.807) is 0 Å². The van der Waals surface area contributed by atoms with Gasteiger partial charge in [-0.25, -0.2) is 13.1 Å². The second-order valence-electron chi connectivity index (χ2n) is 4.76. The molecule has 0 saturated carbocycles. The maximum atomic E-state index is 11.8. The van der Waals surface area contributed by atoms with E-state index in [1.807, 2.05) is 31.2 Å². The van der Waals surface area contributed by atoms with Gasteiger partial charge in [0, 0.05) is 6.54 Å². The fourth-order valence-electron chi connectivity index (χ4n) is 1.53. The lowest BCUT2D eigenvalue weighted by atomic mass is 10.1. The van der Waals surface area contributed by atoms with E-state index in [4.69, 9.17) is 0 Å². The Hall–Kier alpha value is -0.870. The van der Waals surface area contributed by atoms with E-state index in [-0.39, 0.29) is 5.75 Å². The molecule has 17 heavy (non-hydrogen) atoms. The van der Waals surface area contributed by atoms with Crippen LogP contribution in [0.1, 0.15) is 31.4 Å². The van der Waals surface area contributed by atoms with Crippen molar-refractivity contribution in [3.05, 3.63) is 35.4 Å². The van der Waals surface area contributed by atoms with Crippen LogP contribution in [0.4, 0.5) is 0 Å². The molecule has 1 rings (SSSR count). The SMILES string of the molecule is Cc1ccccc1CS(=O)(=O)NCCC(C)C. The van der Waals surface area contributed by atoms with Gasteiger partial charge in [0.1, 0.15) is 0 Å². The highest BCUT2D eigenvalue weighted by Crippen LogP contribution is 2.10. The van der Waals surface area contributed by atoms with Crippen LogP contribution in [-0.4, -0.2) is 15.0 Å². The molecule has 1 aromatic carbocycles. The summed E-state index contributed by atoms with van der Waals surface area (Å²) in [6, 6.07) is 7.57. The number of sulfonamides is 1. The number of aryl methyl sites for hydroxylation is 1. The third kappa shape index (κ3) is 5.33. The zero-order valence-corrected chi connectivity index (χ0v) is 11.5. The van der Waals surface area contributed by atoms with Crippen LogP contribution in [0.3, 0.4) is 0 Å². The van der Waals surface area contributed by atoms with Crippen LogP contribution in [0.25, 0.3) is 0 Å². The van der Waals surface area contributed by atoms with Crippen LogP contribution in [-0.2, 0) is 15.8 Å². The molecule has 4 heteroatoms. The molecule has 0 saturated heterocycles. The average Bonchev–Trinajstić information content (AvgIpc) is 2.20. The first-order valence-corrected chi connectivity index (χ1v) is 7.58. The van der Waals surface area contributed by atoms with Gasteiger partial charge >= 0.3 is 0 Å². The standard InChI is InChI=1S/C13H21NO2S/c1-11(2)8-9-14-17(15,16)10-13-7-5-4-6-12(13)3/h4-7,11,14H,8-10H2,1-3H3. The van der Waals surface area contributed by atoms with Gasteiger partial charge in [-0.1, -0.05) is 38.1 Å². The Kier molecular flexibility index (Phi) is 5.15. The summed E-state index contributed by atoms with van der Waals surface area (Å²) in [5.74, 6) is 0.578. The Morgan fingerprint density at radius 1 is 1.24 bits per heavy atom. The summed E-state index contributed by atoms with van der Waals surface area (Å²) < 4.78 is 26.3. The molecule has 96 valence electrons. The van der Waals surface area contributed by atoms with E-state index >= 15 is 0 Å². The number of hydrogen-bond donors (Lipinski definition) is 1. The first-order chi connectivity index (χ1) is 7.91. The van der Waals surface area contributed by atoms with E-state index < -0.39 is 10.0 Å². The van der Waals surface area contributed by atoms with Crippen molar-refractivity contribution in [2.75, 3.05) is 6.54 Å². The number of nitrogens with one attached hydrogen (secondary N) is 1. The lowest BCUT2D eigenvalue weighted by Crippen LogP contribution is -2.27. The molecule has 0 spiro atoms. The molecule has 0 radical (unpaired) electrons. The molecule has 0 unspecified atom stereocenters. The first-order valence-electron chi connectivity index (χ1n) is 5.92. The lowest BCUT2D eigenvalue weighted by Gasteiger charge is -2.09. The fraction of sp³-hybridized carbons (Fsp3) is 0.538. The van der Waals surface area contributed by atoms with Crippen molar-refractivity contribution in [3.63, 3.8) is 0 Å². The van der Waals surface area contributed by atoms with Crippen LogP contribution in [0.15, 0.2) is 24.3 Å². The summed E-state index contributed by atoms with van der Waals surface area (Å²) in [5.41, 5.74) is 1.88. The van der Waals surface area contributed by atoms with Crippen molar-refractivity contribution in [3.8, 4) is 0 Å². The highest BCUT2D eigenvalue weighted by molar-refractivity contribution is 7.88. The third-order valence-electron chi connectivity index (χ3n) is 2.65. The van der Waals surface area contributed by atoms with Gasteiger partial charge in [-0.05, 0) is 30.4 Å². The predicted octanol–water partition coefficient (Wildman–Crippen LogP) is 2.46. The molecule has 0 bridgehead atoms. The minimum atomic E-state index is -3.20. The largest absolute Gasteiger partial charge is 0.215 e. The molecule has 0 heterocycles. The molecule has 0 aliphatic rings. The molecule has 0 fully saturated rings. The zero-order valence-electron chi connectivity index (χ0n) is 10.7. The highest BCUT2D eigenvalue weighted by Gasteiger charge is 2.12. The Labute approximate surface area is 104 Å². The molecule has 0 aromatic heterocycles. The van der Waals surface area contributed by atoms with Gasteiger partial charge in [0.25, 0.3) is 0 Å². The van der Waals surface area contributed by atoms with Crippen LogP contribution in [0, 0.1) is 12.8 Å². The van der Waals surface area contributed by atoms with Gasteiger partial charge in [0.2, 0.25) is 10.0 Å². The highest BCUT2D eigenvalue weighted by atomic mass is 32.2. The van der Waals surface area contributed by atoms with Gasteiger partial charge in [-0.15, -0.1) is 0 Å². The van der Waals surface area contributed by atoms with Gasteiger partial charge in [-0.2, -0.15) is 0 Å². The summed E-state index contributed by atoms with van der Waals surface area (Å²) in [4.78, 5) is 0. The van der Waals surface area contributed by atoms with E-state index in [2.05, 4.69) is 18.6 Å². The molecular weight excluding hydrogens is 234 g/mol. The van der Waals surface area contributed by atoms with Crippen molar-refractivity contribution in [2.24, 2.45) is 5.92 Å². The van der Waals surface area contributed by atoms with Gasteiger partial charge in [0.15, 0.2) is 0 Å². The summed E-state index contributed by atoms with van der Waals surface area (Å²) >= 11 is 0. The summed E-state index contributed by atoms with van der Waals surface area (Å²) in [5, 5.41) is 0. The minimum absolute atomic E-state index is 0.0672. The van der Waals surface area contributed by atoms with E-state index in [0.29, 0.717) is 12.5 Å². The first kappa shape index (κ1) is 14.2. The summed E-state index contributed by atoms with van der Waals surface area (Å²) in [6.07, 6.45) is 0.868. The molecule has 1 N–H and O–H groups in total. The third-order valence-corrected chi connectivity index (χ3v) is 3.99. The average molecular weight is 255 g/mol. The van der Waals surface area contributed by atoms with E-state index in [9.17, 15) is 8.42 Å². The Bertz CT molecular complexity index is 452. The zero-order chi connectivity index (χ0) is 12.9. The number of benzene rings is 1. The normalized spacial score (nSPS) is 12.0. The van der Waals surface area contributed by atoms with Crippen LogP contribution < -0.4 is 4.72 Å². The Morgan fingerprint density at radius 2 is 1.88 bits per heavy atom. The van der Waals surface area contributed by atoms with Crippen molar-refractivity contribution < 1.29 is 8.42 Å². The van der Waals surface area contributed by atoms with Crippen LogP contribution in [0.2, 0.25) is 0 Å². The van der Waals surface area contributed by atoms with Crippen LogP contribution >= 0.6 is 0 Å². The summed E-state index contributed by atoms with van der Waals surface area (Å²) in [6.45, 7) is 6.61. The Balaban J connectivity index is 2.58. The lowest BCUT2D eigenvalue weighted by molar-refractivity contribution is 0.551. The maximum absolute atomic E-state index is 11.8. The van der Waals surface area contributed by atoms with Crippen molar-refractivity contribution in [1.29, 1.82) is 0 Å². The van der Waals surface area contributed by atoms with Crippen molar-refractivity contribution in [1.82, 2.24) is 4.72 Å². The minimum Gasteiger partial charge on any atom is -0.215 e. The summed E-state index contributed by atoms with van der Waals surface area (Å²) in [7, 11) is -3.20. The van der Waals surface area contributed by atoms with Gasteiger partial charge < -0.3 is 0 Å². The second-order valence-corrected chi connectivity index (χ2v) is 6.57. The topological polar surface area (TPSA) is 46.2 Å². The molecular formula is C13H21NO2S.